The number of benzene rings is 1. The van der Waals surface area contributed by atoms with Gasteiger partial charge in [0.25, 0.3) is 5.91 Å². The number of carbonyl (C=O) groups is 2. The van der Waals surface area contributed by atoms with E-state index in [0.29, 0.717) is 22.7 Å². The summed E-state index contributed by atoms with van der Waals surface area (Å²) in [5.41, 5.74) is 0.897. The minimum Gasteiger partial charge on any atom is -0.345 e. The first kappa shape index (κ1) is 14.5. The van der Waals surface area contributed by atoms with Gasteiger partial charge in [0.1, 0.15) is 0 Å². The molecule has 0 spiro atoms. The van der Waals surface area contributed by atoms with Gasteiger partial charge >= 0.3 is 0 Å². The van der Waals surface area contributed by atoms with Crippen molar-refractivity contribution in [1.29, 1.82) is 0 Å². The number of nitrogens with one attached hydrogen (secondary N) is 1. The van der Waals surface area contributed by atoms with E-state index in [1.165, 1.54) is 4.90 Å². The van der Waals surface area contributed by atoms with Crippen LogP contribution in [0.3, 0.4) is 0 Å². The highest BCUT2D eigenvalue weighted by Gasteiger charge is 2.15. The summed E-state index contributed by atoms with van der Waals surface area (Å²) in [4.78, 5) is 25.0. The lowest BCUT2D eigenvalue weighted by Gasteiger charge is -2.15. The van der Waals surface area contributed by atoms with Gasteiger partial charge in [0.15, 0.2) is 0 Å². The first-order chi connectivity index (χ1) is 8.45. The standard InChI is InChI=1S/C13H17ClN2O2/c1-4-5-12(17)15-11-8-9(14)6-7-10(11)13(18)16(2)3/h6-8H,4-5H2,1-3H3,(H,15,17). The lowest BCUT2D eigenvalue weighted by Crippen LogP contribution is -2.24. The molecule has 0 fully saturated rings. The average molecular weight is 269 g/mol. The largest absolute Gasteiger partial charge is 0.345 e. The van der Waals surface area contributed by atoms with E-state index >= 15 is 0 Å². The van der Waals surface area contributed by atoms with Crippen LogP contribution in [0.2, 0.25) is 5.02 Å². The second kappa shape index (κ2) is 6.40. The highest BCUT2D eigenvalue weighted by molar-refractivity contribution is 6.31. The third-order valence-corrected chi connectivity index (χ3v) is 2.60. The van der Waals surface area contributed by atoms with Crippen LogP contribution in [0.25, 0.3) is 0 Å². The van der Waals surface area contributed by atoms with Gasteiger partial charge in [-0.3, -0.25) is 9.59 Å². The molecule has 1 aromatic carbocycles. The zero-order chi connectivity index (χ0) is 13.7. The molecule has 0 aromatic heterocycles. The van der Waals surface area contributed by atoms with E-state index in [-0.39, 0.29) is 11.8 Å². The third kappa shape index (κ3) is 3.74. The minimum absolute atomic E-state index is 0.118. The van der Waals surface area contributed by atoms with Crippen molar-refractivity contribution in [1.82, 2.24) is 4.90 Å². The second-order valence-corrected chi connectivity index (χ2v) is 4.62. The molecule has 0 bridgehead atoms. The fourth-order valence-corrected chi connectivity index (χ4v) is 1.66. The highest BCUT2D eigenvalue weighted by atomic mass is 35.5. The summed E-state index contributed by atoms with van der Waals surface area (Å²) in [5.74, 6) is -0.286. The van der Waals surface area contributed by atoms with Gasteiger partial charge in [-0.25, -0.2) is 0 Å². The number of hydrogen-bond acceptors (Lipinski definition) is 2. The van der Waals surface area contributed by atoms with Crippen molar-refractivity contribution in [3.8, 4) is 0 Å². The summed E-state index contributed by atoms with van der Waals surface area (Å²) >= 11 is 5.89. The van der Waals surface area contributed by atoms with Crippen molar-refractivity contribution in [2.24, 2.45) is 0 Å². The molecule has 0 aliphatic rings. The summed E-state index contributed by atoms with van der Waals surface area (Å²) in [6.07, 6.45) is 1.17. The van der Waals surface area contributed by atoms with Crippen LogP contribution in [0.4, 0.5) is 5.69 Å². The molecule has 1 rings (SSSR count). The number of anilines is 1. The average Bonchev–Trinajstić information content (AvgIpc) is 2.28. The molecule has 2 amide bonds. The number of hydrogen-bond donors (Lipinski definition) is 1. The fraction of sp³-hybridized carbons (Fsp3) is 0.385. The lowest BCUT2D eigenvalue weighted by molar-refractivity contribution is -0.116. The molecule has 0 atom stereocenters. The maximum absolute atomic E-state index is 11.9. The number of carbonyl (C=O) groups excluding carboxylic acids is 2. The molecule has 0 aliphatic carbocycles. The summed E-state index contributed by atoms with van der Waals surface area (Å²) in [6, 6.07) is 4.84. The number of amides is 2. The van der Waals surface area contributed by atoms with Crippen molar-refractivity contribution in [2.75, 3.05) is 19.4 Å². The van der Waals surface area contributed by atoms with E-state index in [9.17, 15) is 9.59 Å². The third-order valence-electron chi connectivity index (χ3n) is 2.37. The highest BCUT2D eigenvalue weighted by Crippen LogP contribution is 2.22. The van der Waals surface area contributed by atoms with E-state index in [1.807, 2.05) is 6.92 Å². The van der Waals surface area contributed by atoms with Crippen LogP contribution in [-0.4, -0.2) is 30.8 Å². The molecule has 0 aliphatic heterocycles. The molecule has 18 heavy (non-hydrogen) atoms. The van der Waals surface area contributed by atoms with Crippen molar-refractivity contribution in [3.63, 3.8) is 0 Å². The zero-order valence-corrected chi connectivity index (χ0v) is 11.5. The number of halogens is 1. The predicted molar refractivity (Wildman–Crippen MR) is 73.0 cm³/mol. The Labute approximate surface area is 112 Å². The fourth-order valence-electron chi connectivity index (χ4n) is 1.49. The van der Waals surface area contributed by atoms with Crippen LogP contribution >= 0.6 is 11.6 Å². The van der Waals surface area contributed by atoms with Crippen molar-refractivity contribution in [3.05, 3.63) is 28.8 Å². The molecule has 0 saturated heterocycles. The van der Waals surface area contributed by atoms with Crippen LogP contribution in [0.1, 0.15) is 30.1 Å². The van der Waals surface area contributed by atoms with Crippen molar-refractivity contribution in [2.45, 2.75) is 19.8 Å². The molecule has 1 aromatic rings. The first-order valence-electron chi connectivity index (χ1n) is 5.76. The maximum Gasteiger partial charge on any atom is 0.255 e. The Bertz CT molecular complexity index is 458. The maximum atomic E-state index is 11.9. The Kier molecular flexibility index (Phi) is 5.16. The Morgan fingerprint density at radius 2 is 2.00 bits per heavy atom. The second-order valence-electron chi connectivity index (χ2n) is 4.19. The van der Waals surface area contributed by atoms with E-state index < -0.39 is 0 Å². The van der Waals surface area contributed by atoms with Crippen LogP contribution in [-0.2, 0) is 4.79 Å². The molecular weight excluding hydrogens is 252 g/mol. The summed E-state index contributed by atoms with van der Waals surface area (Å²) in [5, 5.41) is 3.20. The van der Waals surface area contributed by atoms with Gasteiger partial charge in [0.2, 0.25) is 5.91 Å². The molecule has 0 heterocycles. The topological polar surface area (TPSA) is 49.4 Å². The smallest absolute Gasteiger partial charge is 0.255 e. The first-order valence-corrected chi connectivity index (χ1v) is 6.14. The van der Waals surface area contributed by atoms with Gasteiger partial charge in [0, 0.05) is 25.5 Å². The van der Waals surface area contributed by atoms with Gasteiger partial charge < -0.3 is 10.2 Å². The normalized spacial score (nSPS) is 10.0. The SMILES string of the molecule is CCCC(=O)Nc1cc(Cl)ccc1C(=O)N(C)C. The quantitative estimate of drug-likeness (QED) is 0.913. The molecular formula is C13H17ClN2O2. The van der Waals surface area contributed by atoms with Crippen LogP contribution in [0.5, 0.6) is 0 Å². The predicted octanol–water partition coefficient (Wildman–Crippen LogP) is 2.78. The number of nitrogens with zero attached hydrogens (tertiary/aromatic N) is 1. The molecule has 5 heteroatoms. The van der Waals surface area contributed by atoms with Crippen LogP contribution in [0.15, 0.2) is 18.2 Å². The zero-order valence-electron chi connectivity index (χ0n) is 10.8. The van der Waals surface area contributed by atoms with Gasteiger partial charge in [0.05, 0.1) is 11.3 Å². The molecule has 4 nitrogen and oxygen atoms in total. The van der Waals surface area contributed by atoms with E-state index in [1.54, 1.807) is 32.3 Å². The Morgan fingerprint density at radius 3 is 2.56 bits per heavy atom. The molecule has 0 radical (unpaired) electrons. The monoisotopic (exact) mass is 268 g/mol. The Balaban J connectivity index is 3.04. The molecule has 0 unspecified atom stereocenters. The van der Waals surface area contributed by atoms with Gasteiger partial charge in [-0.1, -0.05) is 18.5 Å². The Morgan fingerprint density at radius 1 is 1.33 bits per heavy atom. The Hall–Kier alpha value is -1.55. The summed E-state index contributed by atoms with van der Waals surface area (Å²) in [6.45, 7) is 1.92. The van der Waals surface area contributed by atoms with Gasteiger partial charge in [-0.05, 0) is 24.6 Å². The molecule has 98 valence electrons. The van der Waals surface area contributed by atoms with Crippen molar-refractivity contribution < 1.29 is 9.59 Å². The van der Waals surface area contributed by atoms with Crippen LogP contribution < -0.4 is 5.32 Å². The van der Waals surface area contributed by atoms with Crippen molar-refractivity contribution >= 4 is 29.1 Å². The number of rotatable bonds is 4. The van der Waals surface area contributed by atoms with Crippen LogP contribution in [0, 0.1) is 0 Å². The summed E-state index contributed by atoms with van der Waals surface area (Å²) < 4.78 is 0. The van der Waals surface area contributed by atoms with E-state index in [2.05, 4.69) is 5.32 Å². The summed E-state index contributed by atoms with van der Waals surface area (Å²) in [7, 11) is 3.32. The molecule has 0 saturated carbocycles. The minimum atomic E-state index is -0.168. The van der Waals surface area contributed by atoms with Gasteiger partial charge in [-0.2, -0.15) is 0 Å². The van der Waals surface area contributed by atoms with E-state index in [0.717, 1.165) is 6.42 Å². The molecule has 1 N–H and O–H groups in total. The lowest BCUT2D eigenvalue weighted by atomic mass is 10.1. The van der Waals surface area contributed by atoms with E-state index in [4.69, 9.17) is 11.6 Å². The van der Waals surface area contributed by atoms with Gasteiger partial charge in [-0.15, -0.1) is 0 Å².